The predicted molar refractivity (Wildman–Crippen MR) is 84.8 cm³/mol. The van der Waals surface area contributed by atoms with E-state index in [1.54, 1.807) is 0 Å². The first-order chi connectivity index (χ1) is 9.16. The number of sulfonamides is 1. The summed E-state index contributed by atoms with van der Waals surface area (Å²) in [5.41, 5.74) is 14.8. The average molecular weight is 300 g/mol. The number of quaternary nitrogens is 1. The molecule has 0 fully saturated rings. The smallest absolute Gasteiger partial charge is 0.294 e. The molecule has 20 heavy (non-hydrogen) atoms. The van der Waals surface area contributed by atoms with E-state index in [9.17, 15) is 8.42 Å². The van der Waals surface area contributed by atoms with Crippen molar-refractivity contribution in [1.29, 1.82) is 0 Å². The van der Waals surface area contributed by atoms with E-state index in [0.717, 1.165) is 11.1 Å². The van der Waals surface area contributed by atoms with Crippen LogP contribution >= 0.6 is 0 Å². The van der Waals surface area contributed by atoms with Gasteiger partial charge in [-0.25, -0.2) is 3.89 Å². The van der Waals surface area contributed by atoms with Gasteiger partial charge in [0.05, 0.1) is 37.3 Å². The van der Waals surface area contributed by atoms with E-state index in [-0.39, 0.29) is 3.89 Å². The van der Waals surface area contributed by atoms with Crippen LogP contribution in [0, 0.1) is 6.92 Å². The Labute approximate surface area is 122 Å². The lowest BCUT2D eigenvalue weighted by molar-refractivity contribution is -0.801. The maximum Gasteiger partial charge on any atom is 0.294 e. The van der Waals surface area contributed by atoms with E-state index in [0.29, 0.717) is 37.4 Å². The number of aryl methyl sites for hydroxylation is 1. The summed E-state index contributed by atoms with van der Waals surface area (Å²) in [7, 11) is -3.14. The highest BCUT2D eigenvalue weighted by Gasteiger charge is 2.34. The van der Waals surface area contributed by atoms with Gasteiger partial charge in [0.25, 0.3) is 10.0 Å². The first-order valence-electron chi connectivity index (χ1n) is 6.87. The number of likely N-dealkylation sites (N-methyl/N-ethyl adjacent to an activating group) is 1. The zero-order chi connectivity index (χ0) is 15.6. The minimum Gasteiger partial charge on any atom is -0.397 e. The number of benzene rings is 1. The van der Waals surface area contributed by atoms with Crippen molar-refractivity contribution in [2.24, 2.45) is 0 Å². The van der Waals surface area contributed by atoms with E-state index in [2.05, 4.69) is 0 Å². The molecular weight excluding hydrogens is 274 g/mol. The van der Waals surface area contributed by atoms with Crippen LogP contribution in [0.2, 0.25) is 0 Å². The molecule has 0 radical (unpaired) electrons. The molecule has 0 aliphatic heterocycles. The van der Waals surface area contributed by atoms with Gasteiger partial charge in [-0.1, -0.05) is 6.07 Å². The van der Waals surface area contributed by atoms with Crippen LogP contribution in [0.25, 0.3) is 0 Å². The van der Waals surface area contributed by atoms with Gasteiger partial charge in [-0.15, -0.1) is 0 Å². The Bertz CT molecular complexity index is 555. The van der Waals surface area contributed by atoms with Gasteiger partial charge in [-0.3, -0.25) is 0 Å². The molecule has 1 rings (SSSR count). The van der Waals surface area contributed by atoms with Crippen molar-refractivity contribution in [1.82, 2.24) is 0 Å². The van der Waals surface area contributed by atoms with Crippen molar-refractivity contribution < 1.29 is 12.3 Å². The number of nitrogens with zero attached hydrogens (tertiary/aromatic N) is 1. The van der Waals surface area contributed by atoms with Crippen LogP contribution < -0.4 is 11.5 Å². The minimum absolute atomic E-state index is 0.0936. The average Bonchev–Trinajstić information content (AvgIpc) is 2.36. The number of hydrogen-bond donors (Lipinski definition) is 2. The van der Waals surface area contributed by atoms with Crippen molar-refractivity contribution in [3.8, 4) is 0 Å². The fourth-order valence-electron chi connectivity index (χ4n) is 2.55. The molecule has 1 aromatic rings. The summed E-state index contributed by atoms with van der Waals surface area (Å²) in [6.07, 6.45) is 1.97. The van der Waals surface area contributed by atoms with E-state index in [4.69, 9.17) is 11.5 Å². The lowest BCUT2D eigenvalue weighted by Crippen LogP contribution is -2.52. The van der Waals surface area contributed by atoms with Crippen LogP contribution in [0.15, 0.2) is 12.1 Å². The number of nitrogen functional groups attached to an aromatic ring is 2. The van der Waals surface area contributed by atoms with Gasteiger partial charge in [0.1, 0.15) is 0 Å². The highest BCUT2D eigenvalue weighted by atomic mass is 32.2. The zero-order valence-electron chi connectivity index (χ0n) is 12.8. The lowest BCUT2D eigenvalue weighted by Gasteiger charge is -2.33. The summed E-state index contributed by atoms with van der Waals surface area (Å²) >= 11 is 0. The Morgan fingerprint density at radius 2 is 1.70 bits per heavy atom. The highest BCUT2D eigenvalue weighted by molar-refractivity contribution is 7.85. The van der Waals surface area contributed by atoms with Crippen LogP contribution in [0.1, 0.15) is 25.0 Å². The third-order valence-electron chi connectivity index (χ3n) is 4.14. The Morgan fingerprint density at radius 3 is 2.10 bits per heavy atom. The Kier molecular flexibility index (Phi) is 5.05. The fourth-order valence-corrected chi connectivity index (χ4v) is 3.92. The topological polar surface area (TPSA) is 86.2 Å². The molecule has 0 aliphatic rings. The molecule has 0 spiro atoms. The first kappa shape index (κ1) is 16.8. The van der Waals surface area contributed by atoms with E-state index in [1.807, 2.05) is 32.9 Å². The molecule has 0 amide bonds. The molecule has 4 N–H and O–H groups in total. The summed E-state index contributed by atoms with van der Waals surface area (Å²) in [4.78, 5) is 0. The van der Waals surface area contributed by atoms with Crippen LogP contribution in [0.4, 0.5) is 11.4 Å². The van der Waals surface area contributed by atoms with Gasteiger partial charge in [-0.05, 0) is 38.0 Å². The van der Waals surface area contributed by atoms with Crippen molar-refractivity contribution in [2.45, 2.75) is 27.2 Å². The minimum atomic E-state index is -3.14. The highest BCUT2D eigenvalue weighted by Crippen LogP contribution is 2.23. The van der Waals surface area contributed by atoms with Gasteiger partial charge in [0.2, 0.25) is 0 Å². The summed E-state index contributed by atoms with van der Waals surface area (Å²) in [5, 5.41) is 0. The zero-order valence-corrected chi connectivity index (χ0v) is 13.6. The first-order valence-corrected chi connectivity index (χ1v) is 8.72. The van der Waals surface area contributed by atoms with Crippen molar-refractivity contribution in [3.63, 3.8) is 0 Å². The quantitative estimate of drug-likeness (QED) is 0.616. The van der Waals surface area contributed by atoms with Gasteiger partial charge in [-0.2, -0.15) is 8.42 Å². The third kappa shape index (κ3) is 3.24. The number of nitrogens with two attached hydrogens (primary N) is 2. The standard InChI is InChI=1S/C14H26N3O2S/c1-5-17(6-2,20(4,18)19)8-7-12-9-11(3)14(16)13(15)10-12/h9-10H,5-8,15-16H2,1-4H3/q+1. The molecule has 1 aromatic carbocycles. The molecule has 0 unspecified atom stereocenters. The summed E-state index contributed by atoms with van der Waals surface area (Å²) < 4.78 is 24.2. The number of hydrogen-bond acceptors (Lipinski definition) is 4. The van der Waals surface area contributed by atoms with E-state index >= 15 is 0 Å². The van der Waals surface area contributed by atoms with Crippen LogP contribution in [0.5, 0.6) is 0 Å². The van der Waals surface area contributed by atoms with Gasteiger partial charge < -0.3 is 11.5 Å². The van der Waals surface area contributed by atoms with E-state index in [1.165, 1.54) is 6.26 Å². The Hall–Kier alpha value is -1.27. The maximum absolute atomic E-state index is 12.1. The molecule has 0 aromatic heterocycles. The molecule has 0 saturated heterocycles. The molecule has 5 nitrogen and oxygen atoms in total. The molecule has 0 atom stereocenters. The monoisotopic (exact) mass is 300 g/mol. The van der Waals surface area contributed by atoms with Gasteiger partial charge in [0, 0.05) is 6.42 Å². The molecule has 0 bridgehead atoms. The fraction of sp³-hybridized carbons (Fsp3) is 0.571. The molecule has 0 saturated carbocycles. The largest absolute Gasteiger partial charge is 0.397 e. The van der Waals surface area contributed by atoms with Crippen molar-refractivity contribution in [3.05, 3.63) is 23.3 Å². The molecule has 0 heterocycles. The van der Waals surface area contributed by atoms with Gasteiger partial charge in [0.15, 0.2) is 0 Å². The van der Waals surface area contributed by atoms with E-state index < -0.39 is 10.0 Å². The SMILES string of the molecule is CC[N+](CC)(CCc1cc(C)c(N)c(N)c1)S(C)(=O)=O. The second-order valence-electron chi connectivity index (χ2n) is 5.31. The Balaban J connectivity index is 3.00. The maximum atomic E-state index is 12.1. The second-order valence-corrected chi connectivity index (χ2v) is 7.55. The van der Waals surface area contributed by atoms with Crippen LogP contribution in [0.3, 0.4) is 0 Å². The number of anilines is 2. The van der Waals surface area contributed by atoms with Crippen molar-refractivity contribution >= 4 is 21.4 Å². The van der Waals surface area contributed by atoms with Crippen molar-refractivity contribution in [2.75, 3.05) is 37.4 Å². The van der Waals surface area contributed by atoms with Gasteiger partial charge >= 0.3 is 0 Å². The lowest BCUT2D eigenvalue weighted by atomic mass is 10.1. The Morgan fingerprint density at radius 1 is 1.15 bits per heavy atom. The summed E-state index contributed by atoms with van der Waals surface area (Å²) in [6.45, 7) is 7.42. The molecule has 0 aliphatic carbocycles. The third-order valence-corrected chi connectivity index (χ3v) is 6.25. The molecule has 114 valence electrons. The number of rotatable bonds is 6. The van der Waals surface area contributed by atoms with Crippen LogP contribution in [-0.2, 0) is 16.4 Å². The normalized spacial score (nSPS) is 12.6. The summed E-state index contributed by atoms with van der Waals surface area (Å²) in [6, 6.07) is 3.82. The van der Waals surface area contributed by atoms with Crippen LogP contribution in [-0.4, -0.2) is 38.2 Å². The molecular formula is C14H26N3O2S+. The molecule has 6 heteroatoms. The summed E-state index contributed by atoms with van der Waals surface area (Å²) in [5.74, 6) is 0. The second kappa shape index (κ2) is 6.01. The predicted octanol–water partition coefficient (Wildman–Crippen LogP) is 1.52.